The zero-order valence-corrected chi connectivity index (χ0v) is 23.8. The molecule has 1 rings (SSSR count). The molecule has 0 atom stereocenters. The molecule has 34 heavy (non-hydrogen) atoms. The van der Waals surface area contributed by atoms with Crippen LogP contribution in [0.1, 0.15) is 149 Å². The van der Waals surface area contributed by atoms with Crippen LogP contribution >= 0.6 is 11.6 Å². The Morgan fingerprint density at radius 2 is 1.35 bits per heavy atom. The van der Waals surface area contributed by atoms with E-state index in [2.05, 4.69) is 24.1 Å². The number of nitrogens with one attached hydrogen (secondary N) is 1. The lowest BCUT2D eigenvalue weighted by atomic mass is 9.91. The van der Waals surface area contributed by atoms with Gasteiger partial charge < -0.3 is 5.32 Å². The highest BCUT2D eigenvalue weighted by Crippen LogP contribution is 2.25. The van der Waals surface area contributed by atoms with Gasteiger partial charge in [0.1, 0.15) is 0 Å². The Morgan fingerprint density at radius 3 is 1.88 bits per heavy atom. The predicted molar refractivity (Wildman–Crippen MR) is 151 cm³/mol. The van der Waals surface area contributed by atoms with Gasteiger partial charge in [-0.2, -0.15) is 0 Å². The summed E-state index contributed by atoms with van der Waals surface area (Å²) >= 11 is 5.99. The monoisotopic (exact) mass is 498 g/mol. The molecule has 0 bridgehead atoms. The van der Waals surface area contributed by atoms with Crippen molar-refractivity contribution in [3.63, 3.8) is 0 Å². The van der Waals surface area contributed by atoms with Crippen molar-refractivity contribution in [2.75, 3.05) is 25.5 Å². The Bertz CT molecular complexity index is 439. The molecular weight excluding hydrogens is 440 g/mol. The lowest BCUT2D eigenvalue weighted by Gasteiger charge is -2.37. The molecule has 0 heterocycles. The largest absolute Gasteiger partial charge is 0.356 e. The molecule has 4 heteroatoms. The van der Waals surface area contributed by atoms with Crippen molar-refractivity contribution < 1.29 is 4.79 Å². The number of amides is 1. The van der Waals surface area contributed by atoms with Crippen LogP contribution in [-0.4, -0.2) is 42.4 Å². The summed E-state index contributed by atoms with van der Waals surface area (Å²) in [7, 11) is 0. The predicted octanol–water partition coefficient (Wildman–Crippen LogP) is 8.87. The summed E-state index contributed by atoms with van der Waals surface area (Å²) in [5.74, 6) is 1.68. The number of carbonyl (C=O) groups excluding carboxylic acids is 1. The molecule has 1 aliphatic carbocycles. The summed E-state index contributed by atoms with van der Waals surface area (Å²) in [6, 6.07) is 0.775. The van der Waals surface area contributed by atoms with E-state index in [0.717, 1.165) is 44.4 Å². The summed E-state index contributed by atoms with van der Waals surface area (Å²) in [4.78, 5) is 15.0. The standard InChI is InChI=1S/C30H59ClN2O/c1-3-5-7-9-11-14-19-28(20-15-12-10-8-6-4-2)27-32-30(34)23-16-13-17-25-33(26-24-31)29-21-18-22-29/h28-29H,3-27H2,1-2H3,(H,32,34). The number of alkyl halides is 1. The summed E-state index contributed by atoms with van der Waals surface area (Å²) in [6.07, 6.45) is 27.0. The van der Waals surface area contributed by atoms with E-state index < -0.39 is 0 Å². The molecule has 0 saturated heterocycles. The fraction of sp³-hybridized carbons (Fsp3) is 0.967. The zero-order valence-electron chi connectivity index (χ0n) is 23.1. The van der Waals surface area contributed by atoms with Crippen molar-refractivity contribution in [3.05, 3.63) is 0 Å². The SMILES string of the molecule is CCCCCCCCC(CCCCCCCC)CNC(=O)CCCCCN(CCCl)C1CCC1. The molecule has 0 unspecified atom stereocenters. The van der Waals surface area contributed by atoms with E-state index in [-0.39, 0.29) is 5.91 Å². The van der Waals surface area contributed by atoms with E-state index in [4.69, 9.17) is 11.6 Å². The van der Waals surface area contributed by atoms with E-state index in [1.807, 2.05) is 0 Å². The first-order valence-corrected chi connectivity index (χ1v) is 15.8. The quantitative estimate of drug-likeness (QED) is 0.101. The highest BCUT2D eigenvalue weighted by atomic mass is 35.5. The summed E-state index contributed by atoms with van der Waals surface area (Å²) in [5, 5.41) is 3.29. The first kappa shape index (κ1) is 31.7. The van der Waals surface area contributed by atoms with Crippen molar-refractivity contribution >= 4 is 17.5 Å². The third-order valence-corrected chi connectivity index (χ3v) is 8.00. The molecule has 0 spiro atoms. The van der Waals surface area contributed by atoms with Crippen LogP contribution in [0.4, 0.5) is 0 Å². The average Bonchev–Trinajstić information content (AvgIpc) is 2.80. The maximum atomic E-state index is 12.5. The van der Waals surface area contributed by atoms with Crippen molar-refractivity contribution in [2.24, 2.45) is 5.92 Å². The van der Waals surface area contributed by atoms with Crippen LogP contribution in [0.25, 0.3) is 0 Å². The van der Waals surface area contributed by atoms with Crippen LogP contribution in [0, 0.1) is 5.92 Å². The van der Waals surface area contributed by atoms with Crippen LogP contribution in [0.3, 0.4) is 0 Å². The fourth-order valence-corrected chi connectivity index (χ4v) is 5.45. The van der Waals surface area contributed by atoms with Crippen molar-refractivity contribution in [2.45, 2.75) is 155 Å². The Morgan fingerprint density at radius 1 is 0.794 bits per heavy atom. The first-order chi connectivity index (χ1) is 16.7. The van der Waals surface area contributed by atoms with Gasteiger partial charge in [0, 0.05) is 31.4 Å². The topological polar surface area (TPSA) is 32.3 Å². The number of halogens is 1. The smallest absolute Gasteiger partial charge is 0.220 e. The van der Waals surface area contributed by atoms with Crippen LogP contribution < -0.4 is 5.32 Å². The fourth-order valence-electron chi connectivity index (χ4n) is 5.24. The minimum absolute atomic E-state index is 0.271. The van der Waals surface area contributed by atoms with Crippen LogP contribution in [-0.2, 0) is 4.79 Å². The maximum absolute atomic E-state index is 12.5. The van der Waals surface area contributed by atoms with Crippen LogP contribution in [0.15, 0.2) is 0 Å². The molecule has 0 radical (unpaired) electrons. The van der Waals surface area contributed by atoms with Crippen LogP contribution in [0.2, 0.25) is 0 Å². The van der Waals surface area contributed by atoms with E-state index in [1.165, 1.54) is 116 Å². The van der Waals surface area contributed by atoms with E-state index >= 15 is 0 Å². The van der Waals surface area contributed by atoms with Crippen molar-refractivity contribution in [1.29, 1.82) is 0 Å². The summed E-state index contributed by atoms with van der Waals surface area (Å²) < 4.78 is 0. The lowest BCUT2D eigenvalue weighted by Crippen LogP contribution is -2.41. The van der Waals surface area contributed by atoms with Gasteiger partial charge in [0.2, 0.25) is 5.91 Å². The van der Waals surface area contributed by atoms with E-state index in [0.29, 0.717) is 12.3 Å². The van der Waals surface area contributed by atoms with Gasteiger partial charge in [-0.25, -0.2) is 0 Å². The molecule has 0 aromatic carbocycles. The van der Waals surface area contributed by atoms with Crippen LogP contribution in [0.5, 0.6) is 0 Å². The highest BCUT2D eigenvalue weighted by molar-refractivity contribution is 6.18. The number of rotatable bonds is 25. The maximum Gasteiger partial charge on any atom is 0.220 e. The first-order valence-electron chi connectivity index (χ1n) is 15.3. The second-order valence-corrected chi connectivity index (χ2v) is 11.3. The van der Waals surface area contributed by atoms with Gasteiger partial charge in [-0.15, -0.1) is 11.6 Å². The van der Waals surface area contributed by atoms with Gasteiger partial charge in [0.05, 0.1) is 0 Å². The Hall–Kier alpha value is -0.280. The summed E-state index contributed by atoms with van der Waals surface area (Å²) in [6.45, 7) is 7.63. The van der Waals surface area contributed by atoms with E-state index in [9.17, 15) is 4.79 Å². The molecular formula is C30H59ClN2O. The highest BCUT2D eigenvalue weighted by Gasteiger charge is 2.23. The average molecular weight is 499 g/mol. The minimum atomic E-state index is 0.271. The molecule has 1 amide bonds. The molecule has 1 N–H and O–H groups in total. The molecule has 3 nitrogen and oxygen atoms in total. The second-order valence-electron chi connectivity index (χ2n) is 10.9. The number of unbranched alkanes of at least 4 members (excludes halogenated alkanes) is 12. The molecule has 1 aliphatic rings. The molecule has 0 aromatic rings. The molecule has 0 aromatic heterocycles. The van der Waals surface area contributed by atoms with Gasteiger partial charge in [0.15, 0.2) is 0 Å². The molecule has 1 saturated carbocycles. The molecule has 0 aliphatic heterocycles. The molecule has 1 fully saturated rings. The van der Waals surface area contributed by atoms with Crippen molar-refractivity contribution in [1.82, 2.24) is 10.2 Å². The number of hydrogen-bond acceptors (Lipinski definition) is 2. The van der Waals surface area contributed by atoms with Gasteiger partial charge in [-0.3, -0.25) is 9.69 Å². The normalized spacial score (nSPS) is 14.1. The number of carbonyl (C=O) groups is 1. The van der Waals surface area contributed by atoms with Gasteiger partial charge in [0.25, 0.3) is 0 Å². The second kappa shape index (κ2) is 23.1. The van der Waals surface area contributed by atoms with Gasteiger partial charge >= 0.3 is 0 Å². The third kappa shape index (κ3) is 17.2. The van der Waals surface area contributed by atoms with Gasteiger partial charge in [-0.05, 0) is 51.0 Å². The van der Waals surface area contributed by atoms with Gasteiger partial charge in [-0.1, -0.05) is 104 Å². The Kier molecular flexibility index (Phi) is 21.6. The third-order valence-electron chi connectivity index (χ3n) is 7.83. The number of hydrogen-bond donors (Lipinski definition) is 1. The number of nitrogens with zero attached hydrogens (tertiary/aromatic N) is 1. The minimum Gasteiger partial charge on any atom is -0.356 e. The summed E-state index contributed by atoms with van der Waals surface area (Å²) in [5.41, 5.74) is 0. The van der Waals surface area contributed by atoms with E-state index in [1.54, 1.807) is 0 Å². The molecule has 202 valence electrons. The Labute approximate surface area is 218 Å². The lowest BCUT2D eigenvalue weighted by molar-refractivity contribution is -0.121. The zero-order chi connectivity index (χ0) is 24.7. The van der Waals surface area contributed by atoms with Crippen molar-refractivity contribution in [3.8, 4) is 0 Å². The Balaban J connectivity index is 2.18.